The molecule has 1 atom stereocenters. The van der Waals surface area contributed by atoms with Crippen LogP contribution in [0.4, 0.5) is 0 Å². The Morgan fingerprint density at radius 3 is 2.75 bits per heavy atom. The van der Waals surface area contributed by atoms with Crippen molar-refractivity contribution in [3.8, 4) is 0 Å². The number of carbonyl (C=O) groups excluding carboxylic acids is 1. The third kappa shape index (κ3) is 3.06. The van der Waals surface area contributed by atoms with Crippen LogP contribution in [-0.4, -0.2) is 32.7 Å². The number of para-hydroxylation sites is 1. The van der Waals surface area contributed by atoms with Crippen molar-refractivity contribution in [3.05, 3.63) is 35.6 Å². The Hall–Kier alpha value is -1.85. The molecule has 2 aromatic rings. The third-order valence-corrected chi connectivity index (χ3v) is 5.08. The molecule has 0 saturated carbocycles. The van der Waals surface area contributed by atoms with Crippen LogP contribution >= 0.6 is 0 Å². The summed E-state index contributed by atoms with van der Waals surface area (Å²) in [5.74, 6) is 0.879. The third-order valence-electron chi connectivity index (χ3n) is 5.08. The van der Waals surface area contributed by atoms with E-state index >= 15 is 0 Å². The van der Waals surface area contributed by atoms with Crippen LogP contribution in [0.15, 0.2) is 28.7 Å². The van der Waals surface area contributed by atoms with Crippen LogP contribution in [0.5, 0.6) is 0 Å². The molecule has 1 unspecified atom stereocenters. The highest BCUT2D eigenvalue weighted by molar-refractivity contribution is 5.85. The topological polar surface area (TPSA) is 63.5 Å². The predicted octanol–water partition coefficient (Wildman–Crippen LogP) is 2.93. The van der Waals surface area contributed by atoms with E-state index in [2.05, 4.69) is 10.6 Å². The van der Waals surface area contributed by atoms with E-state index in [0.717, 1.165) is 48.2 Å². The van der Waals surface area contributed by atoms with Crippen molar-refractivity contribution < 1.29 is 13.9 Å². The molecular weight excluding hydrogens is 304 g/mol. The standard InChI is InChI=1S/C19H26N2O3/c1-13-15-6-4-5-7-16(15)24-17(13)14(2)21-18(22)19(12-23-3)8-10-20-11-9-19/h4-7,14,20H,8-12H2,1-3H3,(H,21,22). The van der Waals surface area contributed by atoms with Crippen LogP contribution in [0.25, 0.3) is 11.0 Å². The maximum absolute atomic E-state index is 13.0. The number of rotatable bonds is 5. The average Bonchev–Trinajstić information content (AvgIpc) is 2.93. The minimum Gasteiger partial charge on any atom is -0.459 e. The summed E-state index contributed by atoms with van der Waals surface area (Å²) in [7, 11) is 1.66. The highest BCUT2D eigenvalue weighted by Gasteiger charge is 2.40. The number of piperidine rings is 1. The quantitative estimate of drug-likeness (QED) is 0.885. The summed E-state index contributed by atoms with van der Waals surface area (Å²) in [6.45, 7) is 6.15. The van der Waals surface area contributed by atoms with Crippen LogP contribution in [0.1, 0.15) is 37.1 Å². The Kier molecular flexibility index (Phi) is 4.92. The van der Waals surface area contributed by atoms with Gasteiger partial charge >= 0.3 is 0 Å². The molecule has 5 nitrogen and oxygen atoms in total. The monoisotopic (exact) mass is 330 g/mol. The van der Waals surface area contributed by atoms with Crippen molar-refractivity contribution in [3.63, 3.8) is 0 Å². The number of carbonyl (C=O) groups is 1. The van der Waals surface area contributed by atoms with Gasteiger partial charge in [-0.2, -0.15) is 0 Å². The van der Waals surface area contributed by atoms with Crippen LogP contribution in [0.3, 0.4) is 0 Å². The fraction of sp³-hybridized carbons (Fsp3) is 0.526. The summed E-state index contributed by atoms with van der Waals surface area (Å²) in [4.78, 5) is 13.0. The molecule has 3 rings (SSSR count). The minimum absolute atomic E-state index is 0.0539. The van der Waals surface area contributed by atoms with Gasteiger partial charge in [0, 0.05) is 18.1 Å². The normalized spacial score (nSPS) is 18.5. The van der Waals surface area contributed by atoms with Crippen molar-refractivity contribution in [2.75, 3.05) is 26.8 Å². The first kappa shape index (κ1) is 17.0. The first-order valence-corrected chi connectivity index (χ1v) is 8.56. The lowest BCUT2D eigenvalue weighted by molar-refractivity contribution is -0.137. The molecule has 1 fully saturated rings. The highest BCUT2D eigenvalue weighted by Crippen LogP contribution is 2.33. The minimum atomic E-state index is -0.450. The SMILES string of the molecule is COCC1(C(=O)NC(C)c2oc3ccccc3c2C)CCNCC1. The zero-order chi connectivity index (χ0) is 17.2. The van der Waals surface area contributed by atoms with Crippen LogP contribution in [0, 0.1) is 12.3 Å². The van der Waals surface area contributed by atoms with Gasteiger partial charge in [-0.3, -0.25) is 4.79 Å². The molecule has 0 spiro atoms. The van der Waals surface area contributed by atoms with Gasteiger partial charge in [-0.15, -0.1) is 0 Å². The molecule has 0 aliphatic carbocycles. The summed E-state index contributed by atoms with van der Waals surface area (Å²) in [5.41, 5.74) is 1.50. The second kappa shape index (κ2) is 6.95. The molecule has 1 aliphatic heterocycles. The molecule has 1 aromatic heterocycles. The Labute approximate surface area is 142 Å². The van der Waals surface area contributed by atoms with Crippen molar-refractivity contribution in [1.29, 1.82) is 0 Å². The molecule has 1 aromatic carbocycles. The number of ether oxygens (including phenoxy) is 1. The van der Waals surface area contributed by atoms with Gasteiger partial charge in [0.05, 0.1) is 18.1 Å². The molecule has 24 heavy (non-hydrogen) atoms. The smallest absolute Gasteiger partial charge is 0.229 e. The summed E-state index contributed by atoms with van der Waals surface area (Å²) >= 11 is 0. The van der Waals surface area contributed by atoms with Crippen molar-refractivity contribution in [2.24, 2.45) is 5.41 Å². The molecule has 5 heteroatoms. The van der Waals surface area contributed by atoms with Gasteiger partial charge in [0.25, 0.3) is 0 Å². The second-order valence-corrected chi connectivity index (χ2v) is 6.75. The molecule has 0 radical (unpaired) electrons. The number of hydrogen-bond acceptors (Lipinski definition) is 4. The maximum atomic E-state index is 13.0. The van der Waals surface area contributed by atoms with E-state index in [1.54, 1.807) is 7.11 Å². The van der Waals surface area contributed by atoms with Crippen molar-refractivity contribution >= 4 is 16.9 Å². The molecule has 2 N–H and O–H groups in total. The number of amides is 1. The van der Waals surface area contributed by atoms with Gasteiger partial charge in [-0.05, 0) is 45.8 Å². The van der Waals surface area contributed by atoms with Crippen molar-refractivity contribution in [1.82, 2.24) is 10.6 Å². The number of fused-ring (bicyclic) bond motifs is 1. The van der Waals surface area contributed by atoms with Crippen LogP contribution in [0.2, 0.25) is 0 Å². The average molecular weight is 330 g/mol. The lowest BCUT2D eigenvalue weighted by Crippen LogP contribution is -2.50. The molecule has 1 saturated heterocycles. The van der Waals surface area contributed by atoms with Crippen LogP contribution in [-0.2, 0) is 9.53 Å². The maximum Gasteiger partial charge on any atom is 0.229 e. The Morgan fingerprint density at radius 1 is 1.38 bits per heavy atom. The Balaban J connectivity index is 1.80. The number of benzene rings is 1. The largest absolute Gasteiger partial charge is 0.459 e. The summed E-state index contributed by atoms with van der Waals surface area (Å²) < 4.78 is 11.3. The number of hydrogen-bond donors (Lipinski definition) is 2. The van der Waals surface area contributed by atoms with E-state index in [0.29, 0.717) is 6.61 Å². The van der Waals surface area contributed by atoms with E-state index in [1.807, 2.05) is 38.1 Å². The van der Waals surface area contributed by atoms with E-state index in [9.17, 15) is 4.79 Å². The van der Waals surface area contributed by atoms with E-state index in [1.165, 1.54) is 0 Å². The zero-order valence-corrected chi connectivity index (χ0v) is 14.6. The Morgan fingerprint density at radius 2 is 2.08 bits per heavy atom. The molecular formula is C19H26N2O3. The molecule has 130 valence electrons. The molecule has 1 amide bonds. The van der Waals surface area contributed by atoms with Gasteiger partial charge in [-0.1, -0.05) is 18.2 Å². The summed E-state index contributed by atoms with van der Waals surface area (Å²) in [6.07, 6.45) is 1.58. The lowest BCUT2D eigenvalue weighted by atomic mass is 9.78. The summed E-state index contributed by atoms with van der Waals surface area (Å²) in [5, 5.41) is 7.56. The number of methoxy groups -OCH3 is 1. The predicted molar refractivity (Wildman–Crippen MR) is 93.9 cm³/mol. The molecule has 0 bridgehead atoms. The first-order valence-electron chi connectivity index (χ1n) is 8.56. The van der Waals surface area contributed by atoms with Gasteiger partial charge < -0.3 is 19.8 Å². The second-order valence-electron chi connectivity index (χ2n) is 6.75. The van der Waals surface area contributed by atoms with E-state index in [-0.39, 0.29) is 11.9 Å². The van der Waals surface area contributed by atoms with Crippen molar-refractivity contribution in [2.45, 2.75) is 32.7 Å². The fourth-order valence-electron chi connectivity index (χ4n) is 3.64. The number of furan rings is 1. The van der Waals surface area contributed by atoms with Crippen LogP contribution < -0.4 is 10.6 Å². The fourth-order valence-corrected chi connectivity index (χ4v) is 3.64. The zero-order valence-electron chi connectivity index (χ0n) is 14.6. The molecule has 1 aliphatic rings. The summed E-state index contributed by atoms with van der Waals surface area (Å²) in [6, 6.07) is 7.79. The number of aryl methyl sites for hydroxylation is 1. The van der Waals surface area contributed by atoms with Gasteiger partial charge in [0.1, 0.15) is 11.3 Å². The van der Waals surface area contributed by atoms with Gasteiger partial charge in [-0.25, -0.2) is 0 Å². The lowest BCUT2D eigenvalue weighted by Gasteiger charge is -2.36. The Bertz CT molecular complexity index is 711. The van der Waals surface area contributed by atoms with E-state index < -0.39 is 5.41 Å². The highest BCUT2D eigenvalue weighted by atomic mass is 16.5. The first-order chi connectivity index (χ1) is 11.6. The van der Waals surface area contributed by atoms with Gasteiger partial charge in [0.2, 0.25) is 5.91 Å². The van der Waals surface area contributed by atoms with Gasteiger partial charge in [0.15, 0.2) is 0 Å². The number of nitrogens with one attached hydrogen (secondary N) is 2. The van der Waals surface area contributed by atoms with E-state index in [4.69, 9.17) is 9.15 Å². The molecule has 2 heterocycles.